The van der Waals surface area contributed by atoms with Gasteiger partial charge < -0.3 is 19.8 Å². The van der Waals surface area contributed by atoms with Crippen molar-refractivity contribution in [2.75, 3.05) is 19.8 Å². The SMILES string of the molecule is CCc1cc2c(cc1Sc1nc3c(C)ncnc3n1CCN)OCCO2. The van der Waals surface area contributed by atoms with E-state index >= 15 is 0 Å². The first-order valence-corrected chi connectivity index (χ1v) is 9.51. The van der Waals surface area contributed by atoms with Gasteiger partial charge in [0.1, 0.15) is 25.1 Å². The van der Waals surface area contributed by atoms with Crippen LogP contribution in [0.3, 0.4) is 0 Å². The number of nitrogens with zero attached hydrogens (tertiary/aromatic N) is 4. The Bertz CT molecular complexity index is 956. The Balaban J connectivity index is 1.79. The molecule has 3 heterocycles. The van der Waals surface area contributed by atoms with Gasteiger partial charge in [0, 0.05) is 18.0 Å². The number of nitrogens with two attached hydrogens (primary N) is 1. The van der Waals surface area contributed by atoms with Gasteiger partial charge in [0.25, 0.3) is 0 Å². The zero-order valence-electron chi connectivity index (χ0n) is 14.9. The van der Waals surface area contributed by atoms with Gasteiger partial charge >= 0.3 is 0 Å². The lowest BCUT2D eigenvalue weighted by molar-refractivity contribution is 0.171. The third-order valence-electron chi connectivity index (χ3n) is 4.34. The summed E-state index contributed by atoms with van der Waals surface area (Å²) in [6.45, 7) is 6.41. The molecule has 0 aliphatic carbocycles. The second-order valence-electron chi connectivity index (χ2n) is 6.03. The fourth-order valence-corrected chi connectivity index (χ4v) is 4.14. The fourth-order valence-electron chi connectivity index (χ4n) is 3.02. The van der Waals surface area contributed by atoms with Gasteiger partial charge in [0.05, 0.1) is 5.69 Å². The molecule has 4 rings (SSSR count). The van der Waals surface area contributed by atoms with E-state index in [2.05, 4.69) is 27.5 Å². The summed E-state index contributed by atoms with van der Waals surface area (Å²) in [5.41, 5.74) is 9.53. The molecule has 2 N–H and O–H groups in total. The molecule has 0 atom stereocenters. The van der Waals surface area contributed by atoms with Crippen molar-refractivity contribution in [3.63, 3.8) is 0 Å². The summed E-state index contributed by atoms with van der Waals surface area (Å²) < 4.78 is 13.5. The number of aromatic nitrogens is 4. The highest BCUT2D eigenvalue weighted by Crippen LogP contribution is 2.40. The van der Waals surface area contributed by atoms with Gasteiger partial charge in [-0.2, -0.15) is 0 Å². The largest absolute Gasteiger partial charge is 0.486 e. The lowest BCUT2D eigenvalue weighted by Gasteiger charge is -2.20. The van der Waals surface area contributed by atoms with Crippen LogP contribution in [0.4, 0.5) is 0 Å². The fraction of sp³-hybridized carbons (Fsp3) is 0.389. The summed E-state index contributed by atoms with van der Waals surface area (Å²) in [4.78, 5) is 14.6. The van der Waals surface area contributed by atoms with Crippen LogP contribution < -0.4 is 15.2 Å². The smallest absolute Gasteiger partial charge is 0.175 e. The molecule has 8 heteroatoms. The van der Waals surface area contributed by atoms with Crippen LogP contribution >= 0.6 is 11.8 Å². The molecule has 1 aliphatic rings. The Morgan fingerprint density at radius 3 is 2.69 bits per heavy atom. The zero-order chi connectivity index (χ0) is 18.1. The van der Waals surface area contributed by atoms with Gasteiger partial charge in [-0.25, -0.2) is 15.0 Å². The molecule has 26 heavy (non-hydrogen) atoms. The van der Waals surface area contributed by atoms with Gasteiger partial charge in [-0.05, 0) is 31.0 Å². The maximum Gasteiger partial charge on any atom is 0.175 e. The number of benzene rings is 1. The summed E-state index contributed by atoms with van der Waals surface area (Å²) >= 11 is 1.61. The Hall–Kier alpha value is -2.32. The van der Waals surface area contributed by atoms with E-state index in [4.69, 9.17) is 20.2 Å². The van der Waals surface area contributed by atoms with E-state index in [-0.39, 0.29) is 0 Å². The second kappa shape index (κ2) is 7.13. The van der Waals surface area contributed by atoms with Crippen molar-refractivity contribution in [3.8, 4) is 11.5 Å². The van der Waals surface area contributed by atoms with Crippen LogP contribution in [0.25, 0.3) is 11.2 Å². The topological polar surface area (TPSA) is 88.1 Å². The average molecular weight is 371 g/mol. The predicted octanol–water partition coefficient (Wildman–Crippen LogP) is 2.58. The Morgan fingerprint density at radius 1 is 1.19 bits per heavy atom. The standard InChI is InChI=1S/C18H21N5O2S/c1-3-12-8-13-14(25-7-6-24-13)9-15(12)26-18-22-16-11(2)20-10-21-17(16)23(18)5-4-19/h8-10H,3-7,19H2,1-2H3. The van der Waals surface area contributed by atoms with E-state index in [0.29, 0.717) is 26.3 Å². The molecule has 0 amide bonds. The van der Waals surface area contributed by atoms with Crippen molar-refractivity contribution >= 4 is 22.9 Å². The number of aryl methyl sites for hydroxylation is 2. The Morgan fingerprint density at radius 2 is 1.96 bits per heavy atom. The molecule has 0 unspecified atom stereocenters. The van der Waals surface area contributed by atoms with Crippen molar-refractivity contribution in [2.45, 2.75) is 36.9 Å². The lowest BCUT2D eigenvalue weighted by Crippen LogP contribution is -2.15. The molecule has 0 saturated carbocycles. The van der Waals surface area contributed by atoms with Crippen molar-refractivity contribution in [2.24, 2.45) is 5.73 Å². The molecule has 2 aromatic heterocycles. The minimum absolute atomic E-state index is 0.518. The number of hydrogen-bond donors (Lipinski definition) is 1. The van der Waals surface area contributed by atoms with Crippen LogP contribution in [0.2, 0.25) is 0 Å². The first-order valence-electron chi connectivity index (χ1n) is 8.69. The first kappa shape index (κ1) is 17.1. The van der Waals surface area contributed by atoms with Crippen molar-refractivity contribution in [1.29, 1.82) is 0 Å². The quantitative estimate of drug-likeness (QED) is 0.737. The van der Waals surface area contributed by atoms with Crippen LogP contribution in [0.15, 0.2) is 28.5 Å². The highest BCUT2D eigenvalue weighted by atomic mass is 32.2. The van der Waals surface area contributed by atoms with E-state index in [0.717, 1.165) is 44.8 Å². The molecule has 0 radical (unpaired) electrons. The van der Waals surface area contributed by atoms with Gasteiger partial charge in [-0.15, -0.1) is 0 Å². The number of fused-ring (bicyclic) bond motifs is 2. The number of imidazole rings is 1. The number of hydrogen-bond acceptors (Lipinski definition) is 7. The monoisotopic (exact) mass is 371 g/mol. The highest BCUT2D eigenvalue weighted by molar-refractivity contribution is 7.99. The summed E-state index contributed by atoms with van der Waals surface area (Å²) in [5.74, 6) is 1.60. The third kappa shape index (κ3) is 2.99. The molecule has 1 aromatic carbocycles. The Labute approximate surface area is 155 Å². The summed E-state index contributed by atoms with van der Waals surface area (Å²) in [7, 11) is 0. The number of rotatable bonds is 5. The normalized spacial score (nSPS) is 13.3. The van der Waals surface area contributed by atoms with E-state index in [1.807, 2.05) is 13.0 Å². The maximum atomic E-state index is 5.82. The van der Waals surface area contributed by atoms with Crippen molar-refractivity contribution in [3.05, 3.63) is 29.7 Å². The Kier molecular flexibility index (Phi) is 4.69. The summed E-state index contributed by atoms with van der Waals surface area (Å²) in [6, 6.07) is 4.11. The molecule has 136 valence electrons. The maximum absolute atomic E-state index is 5.82. The van der Waals surface area contributed by atoms with Gasteiger partial charge in [-0.3, -0.25) is 0 Å². The summed E-state index contributed by atoms with van der Waals surface area (Å²) in [6.07, 6.45) is 2.47. The third-order valence-corrected chi connectivity index (χ3v) is 5.43. The lowest BCUT2D eigenvalue weighted by atomic mass is 10.1. The van der Waals surface area contributed by atoms with Crippen LogP contribution in [-0.4, -0.2) is 39.3 Å². The average Bonchev–Trinajstić information content (AvgIpc) is 3.00. The molecular weight excluding hydrogens is 350 g/mol. The number of ether oxygens (including phenoxy) is 2. The predicted molar refractivity (Wildman–Crippen MR) is 100 cm³/mol. The molecule has 0 saturated heterocycles. The zero-order valence-corrected chi connectivity index (χ0v) is 15.7. The van der Waals surface area contributed by atoms with E-state index in [1.165, 1.54) is 5.56 Å². The summed E-state index contributed by atoms with van der Waals surface area (Å²) in [5, 5.41) is 0.862. The van der Waals surface area contributed by atoms with E-state index in [1.54, 1.807) is 18.1 Å². The van der Waals surface area contributed by atoms with Gasteiger partial charge in [0.15, 0.2) is 22.3 Å². The van der Waals surface area contributed by atoms with Crippen LogP contribution in [0.5, 0.6) is 11.5 Å². The molecule has 1 aliphatic heterocycles. The first-order chi connectivity index (χ1) is 12.7. The molecule has 0 fully saturated rings. The van der Waals surface area contributed by atoms with Crippen molar-refractivity contribution in [1.82, 2.24) is 19.5 Å². The molecule has 0 spiro atoms. The molecular formula is C18H21N5O2S. The molecule has 0 bridgehead atoms. The van der Waals surface area contributed by atoms with Gasteiger partial charge in [0.2, 0.25) is 0 Å². The minimum atomic E-state index is 0.518. The highest BCUT2D eigenvalue weighted by Gasteiger charge is 2.19. The van der Waals surface area contributed by atoms with Crippen molar-refractivity contribution < 1.29 is 9.47 Å². The second-order valence-corrected chi connectivity index (χ2v) is 7.03. The van der Waals surface area contributed by atoms with Crippen LogP contribution in [-0.2, 0) is 13.0 Å². The van der Waals surface area contributed by atoms with E-state index < -0.39 is 0 Å². The van der Waals surface area contributed by atoms with Gasteiger partial charge in [-0.1, -0.05) is 18.7 Å². The minimum Gasteiger partial charge on any atom is -0.486 e. The molecule has 7 nitrogen and oxygen atoms in total. The van der Waals surface area contributed by atoms with Crippen LogP contribution in [0, 0.1) is 6.92 Å². The van der Waals surface area contributed by atoms with Crippen LogP contribution in [0.1, 0.15) is 18.2 Å². The molecule has 3 aromatic rings. The van der Waals surface area contributed by atoms with E-state index in [9.17, 15) is 0 Å².